The molecule has 1 fully saturated rings. The first-order valence-electron chi connectivity index (χ1n) is 7.19. The van der Waals surface area contributed by atoms with Crippen molar-refractivity contribution in [1.82, 2.24) is 9.55 Å². The number of hydrogen-bond donors (Lipinski definition) is 0. The predicted octanol–water partition coefficient (Wildman–Crippen LogP) is 2.27. The van der Waals surface area contributed by atoms with Gasteiger partial charge in [-0.05, 0) is 17.8 Å². The van der Waals surface area contributed by atoms with Gasteiger partial charge in [-0.1, -0.05) is 30.3 Å². The average molecular weight is 300 g/mol. The summed E-state index contributed by atoms with van der Waals surface area (Å²) in [6.45, 7) is 1.45. The average Bonchev–Trinajstić information content (AvgIpc) is 3.16. The van der Waals surface area contributed by atoms with E-state index in [2.05, 4.69) is 4.98 Å². The van der Waals surface area contributed by atoms with Gasteiger partial charge in [-0.15, -0.1) is 0 Å². The molecule has 0 N–H and O–H groups in total. The van der Waals surface area contributed by atoms with E-state index in [9.17, 15) is 14.9 Å². The number of Topliss-reactive ketones (excluding diaryl/α,β-unsaturated/α-hetero) is 1. The summed E-state index contributed by atoms with van der Waals surface area (Å²) in [5.74, 6) is 0.0867. The molecule has 0 radical (unpaired) electrons. The summed E-state index contributed by atoms with van der Waals surface area (Å²) in [5.41, 5.74) is 0.535. The highest BCUT2D eigenvalue weighted by Crippen LogP contribution is 2.29. The maximum absolute atomic E-state index is 12.2. The summed E-state index contributed by atoms with van der Waals surface area (Å²) in [6, 6.07) is 8.76. The fraction of sp³-hybridized carbons (Fsp3) is 0.333. The van der Waals surface area contributed by atoms with Crippen molar-refractivity contribution in [2.75, 3.05) is 18.0 Å². The third kappa shape index (κ3) is 2.69. The Kier molecular flexibility index (Phi) is 3.86. The lowest BCUT2D eigenvalue weighted by Gasteiger charge is -2.13. The second-order valence-electron chi connectivity index (χ2n) is 5.26. The number of ketones is 1. The van der Waals surface area contributed by atoms with Crippen molar-refractivity contribution in [3.8, 4) is 0 Å². The highest BCUT2D eigenvalue weighted by atomic mass is 16.6. The molecule has 3 rings (SSSR count). The molecule has 1 aromatic heterocycles. The molecule has 0 amide bonds. The molecule has 2 heterocycles. The van der Waals surface area contributed by atoms with Crippen LogP contribution in [0.3, 0.4) is 0 Å². The van der Waals surface area contributed by atoms with Crippen LogP contribution in [0.2, 0.25) is 0 Å². The molecule has 0 aliphatic carbocycles. The molecule has 0 unspecified atom stereocenters. The molecular formula is C15H16N4O3. The fourth-order valence-electron chi connectivity index (χ4n) is 2.69. The van der Waals surface area contributed by atoms with Gasteiger partial charge in [-0.2, -0.15) is 4.98 Å². The zero-order chi connectivity index (χ0) is 15.5. The number of nitro groups is 1. The Morgan fingerprint density at radius 1 is 1.23 bits per heavy atom. The van der Waals surface area contributed by atoms with Gasteiger partial charge in [0.1, 0.15) is 0 Å². The molecule has 7 nitrogen and oxygen atoms in total. The van der Waals surface area contributed by atoms with E-state index in [0.29, 0.717) is 11.4 Å². The maximum Gasteiger partial charge on any atom is 0.367 e. The number of carbonyl (C=O) groups is 1. The molecule has 0 saturated carbocycles. The third-order valence-electron chi connectivity index (χ3n) is 3.78. The summed E-state index contributed by atoms with van der Waals surface area (Å²) >= 11 is 0. The van der Waals surface area contributed by atoms with Crippen LogP contribution in [-0.2, 0) is 6.54 Å². The first-order valence-corrected chi connectivity index (χ1v) is 7.19. The molecule has 114 valence electrons. The van der Waals surface area contributed by atoms with E-state index < -0.39 is 4.92 Å². The molecule has 0 spiro atoms. The fourth-order valence-corrected chi connectivity index (χ4v) is 2.69. The molecule has 0 atom stereocenters. The Balaban J connectivity index is 1.87. The van der Waals surface area contributed by atoms with Crippen molar-refractivity contribution < 1.29 is 9.72 Å². The van der Waals surface area contributed by atoms with Crippen LogP contribution in [-0.4, -0.2) is 33.3 Å². The number of aromatic nitrogens is 2. The minimum Gasteiger partial charge on any atom is -0.358 e. The zero-order valence-electron chi connectivity index (χ0n) is 12.0. The Morgan fingerprint density at radius 2 is 1.91 bits per heavy atom. The summed E-state index contributed by atoms with van der Waals surface area (Å²) in [7, 11) is 0. The van der Waals surface area contributed by atoms with Gasteiger partial charge >= 0.3 is 5.82 Å². The van der Waals surface area contributed by atoms with Crippen molar-refractivity contribution in [1.29, 1.82) is 0 Å². The van der Waals surface area contributed by atoms with Gasteiger partial charge in [-0.3, -0.25) is 4.79 Å². The number of anilines is 1. The quantitative estimate of drug-likeness (QED) is 0.480. The number of rotatable bonds is 5. The monoisotopic (exact) mass is 300 g/mol. The van der Waals surface area contributed by atoms with Crippen molar-refractivity contribution in [2.24, 2.45) is 0 Å². The first-order chi connectivity index (χ1) is 10.7. The largest absolute Gasteiger partial charge is 0.367 e. The van der Waals surface area contributed by atoms with Crippen LogP contribution in [0.4, 0.5) is 11.6 Å². The predicted molar refractivity (Wildman–Crippen MR) is 81.1 cm³/mol. The highest BCUT2D eigenvalue weighted by Gasteiger charge is 2.29. The number of hydrogen-bond acceptors (Lipinski definition) is 5. The topological polar surface area (TPSA) is 81.3 Å². The molecule has 1 aromatic carbocycles. The van der Waals surface area contributed by atoms with Crippen molar-refractivity contribution in [3.63, 3.8) is 0 Å². The molecule has 0 bridgehead atoms. The zero-order valence-corrected chi connectivity index (χ0v) is 12.0. The van der Waals surface area contributed by atoms with E-state index in [0.717, 1.165) is 25.9 Å². The van der Waals surface area contributed by atoms with Crippen LogP contribution in [0, 0.1) is 10.1 Å². The van der Waals surface area contributed by atoms with Crippen LogP contribution in [0.1, 0.15) is 23.2 Å². The van der Waals surface area contributed by atoms with E-state index in [-0.39, 0.29) is 18.1 Å². The van der Waals surface area contributed by atoms with Gasteiger partial charge in [0.2, 0.25) is 11.6 Å². The van der Waals surface area contributed by atoms with Crippen molar-refractivity contribution >= 4 is 17.4 Å². The number of carbonyl (C=O) groups excluding carboxylic acids is 1. The smallest absolute Gasteiger partial charge is 0.358 e. The lowest BCUT2D eigenvalue weighted by molar-refractivity contribution is -0.391. The van der Waals surface area contributed by atoms with Crippen LogP contribution in [0.15, 0.2) is 36.7 Å². The maximum atomic E-state index is 12.2. The van der Waals surface area contributed by atoms with Gasteiger partial charge in [-0.25, -0.2) is 4.57 Å². The van der Waals surface area contributed by atoms with Crippen molar-refractivity contribution in [3.05, 3.63) is 52.3 Å². The normalized spacial score (nSPS) is 14.3. The van der Waals surface area contributed by atoms with E-state index in [1.54, 1.807) is 24.3 Å². The van der Waals surface area contributed by atoms with Gasteiger partial charge in [0.15, 0.2) is 12.9 Å². The third-order valence-corrected chi connectivity index (χ3v) is 3.78. The van der Waals surface area contributed by atoms with Crippen LogP contribution in [0.5, 0.6) is 0 Å². The van der Waals surface area contributed by atoms with Crippen LogP contribution >= 0.6 is 0 Å². The molecule has 1 saturated heterocycles. The Hall–Kier alpha value is -2.70. The summed E-state index contributed by atoms with van der Waals surface area (Å²) in [5, 5.41) is 11.4. The minimum atomic E-state index is -0.459. The number of benzene rings is 1. The van der Waals surface area contributed by atoms with E-state index in [1.807, 2.05) is 11.0 Å². The number of imidazole rings is 1. The molecule has 1 aliphatic rings. The number of nitrogens with zero attached hydrogens (tertiary/aromatic N) is 4. The molecule has 2 aromatic rings. The van der Waals surface area contributed by atoms with E-state index in [4.69, 9.17) is 0 Å². The SMILES string of the molecule is O=C(Cn1cnc(N2CCCC2)c1[N+](=O)[O-])c1ccccc1. The van der Waals surface area contributed by atoms with Crippen LogP contribution < -0.4 is 4.90 Å². The van der Waals surface area contributed by atoms with Gasteiger partial charge in [0, 0.05) is 18.7 Å². The lowest BCUT2D eigenvalue weighted by atomic mass is 10.1. The molecule has 7 heteroatoms. The Morgan fingerprint density at radius 3 is 2.55 bits per heavy atom. The summed E-state index contributed by atoms with van der Waals surface area (Å²) in [6.07, 6.45) is 3.40. The van der Waals surface area contributed by atoms with Gasteiger partial charge < -0.3 is 15.0 Å². The van der Waals surface area contributed by atoms with E-state index in [1.165, 1.54) is 10.9 Å². The Bertz CT molecular complexity index is 690. The van der Waals surface area contributed by atoms with Crippen molar-refractivity contribution in [2.45, 2.75) is 19.4 Å². The standard InChI is InChI=1S/C15H16N4O3/c20-13(12-6-2-1-3-7-12)10-18-11-16-14(15(18)19(21)22)17-8-4-5-9-17/h1-3,6-7,11H,4-5,8-10H2. The molecule has 22 heavy (non-hydrogen) atoms. The second kappa shape index (κ2) is 5.97. The lowest BCUT2D eigenvalue weighted by Crippen LogP contribution is -2.20. The summed E-state index contributed by atoms with van der Waals surface area (Å²) < 4.78 is 1.32. The summed E-state index contributed by atoms with van der Waals surface area (Å²) in [4.78, 5) is 29.2. The Labute approximate surface area is 127 Å². The molecule has 1 aliphatic heterocycles. The second-order valence-corrected chi connectivity index (χ2v) is 5.26. The van der Waals surface area contributed by atoms with Gasteiger partial charge in [0.05, 0.1) is 0 Å². The minimum absolute atomic E-state index is 0.0822. The van der Waals surface area contributed by atoms with E-state index >= 15 is 0 Å². The van der Waals surface area contributed by atoms with Gasteiger partial charge in [0.25, 0.3) is 0 Å². The highest BCUT2D eigenvalue weighted by molar-refractivity contribution is 5.96. The van der Waals surface area contributed by atoms with Crippen LogP contribution in [0.25, 0.3) is 0 Å². The molecular weight excluding hydrogens is 284 g/mol. The first kappa shape index (κ1) is 14.2.